The largest absolute Gasteiger partial charge is 0.288 e. The highest BCUT2D eigenvalue weighted by Crippen LogP contribution is 2.09. The lowest BCUT2D eigenvalue weighted by molar-refractivity contribution is 0.104. The van der Waals surface area contributed by atoms with E-state index in [1.165, 1.54) is 6.08 Å². The highest BCUT2D eigenvalue weighted by atomic mass is 16.1. The quantitative estimate of drug-likeness (QED) is 0.390. The van der Waals surface area contributed by atoms with Crippen LogP contribution in [0.3, 0.4) is 0 Å². The number of ketones is 1. The summed E-state index contributed by atoms with van der Waals surface area (Å²) in [6.07, 6.45) is 1.17. The second-order valence-electron chi connectivity index (χ2n) is 3.62. The van der Waals surface area contributed by atoms with Crippen LogP contribution in [0, 0.1) is 0 Å². The maximum atomic E-state index is 11.4. The first-order valence-electron chi connectivity index (χ1n) is 4.70. The summed E-state index contributed by atoms with van der Waals surface area (Å²) in [4.78, 5) is 15.3. The fourth-order valence-electron chi connectivity index (χ4n) is 1.32. The van der Waals surface area contributed by atoms with Gasteiger partial charge in [0.2, 0.25) is 5.78 Å². The number of allylic oxidation sites excluding steroid dienone is 1. The van der Waals surface area contributed by atoms with Crippen LogP contribution >= 0.6 is 0 Å². The van der Waals surface area contributed by atoms with Gasteiger partial charge in [0.1, 0.15) is 21.4 Å². The van der Waals surface area contributed by atoms with Gasteiger partial charge in [0.25, 0.3) is 0 Å². The minimum atomic E-state index is -0.311. The van der Waals surface area contributed by atoms with Crippen molar-refractivity contribution in [2.75, 3.05) is 0 Å². The molecule has 0 aliphatic carbocycles. The van der Waals surface area contributed by atoms with E-state index < -0.39 is 0 Å². The van der Waals surface area contributed by atoms with Gasteiger partial charge in [-0.3, -0.25) is 9.78 Å². The molecule has 0 atom stereocenters. The van der Waals surface area contributed by atoms with Crippen LogP contribution in [-0.4, -0.2) is 26.5 Å². The molecule has 15 heavy (non-hydrogen) atoms. The molecule has 0 spiro atoms. The molecule has 72 valence electrons. The molecule has 0 aliphatic heterocycles. The zero-order chi connectivity index (χ0) is 11.6. The van der Waals surface area contributed by atoms with E-state index >= 15 is 0 Å². The van der Waals surface area contributed by atoms with E-state index in [9.17, 15) is 4.79 Å². The Hall–Kier alpha value is -1.31. The van der Waals surface area contributed by atoms with Gasteiger partial charge in [-0.15, -0.1) is 0 Å². The van der Waals surface area contributed by atoms with E-state index in [1.807, 2.05) is 13.8 Å². The summed E-state index contributed by atoms with van der Waals surface area (Å²) in [5.41, 5.74) is 1.72. The van der Waals surface area contributed by atoms with Crippen molar-refractivity contribution in [2.24, 2.45) is 0 Å². The van der Waals surface area contributed by atoms with Crippen molar-refractivity contribution in [3.05, 3.63) is 30.0 Å². The monoisotopic (exact) mass is 195 g/mol. The maximum absolute atomic E-state index is 11.4. The standard InChI is InChI=1S/C11H11B2NO/c1-4-9(15)10-8(12)5-7(6(2)3)11(13)14-10/h4-6H,1H2,2-3H3. The van der Waals surface area contributed by atoms with Crippen molar-refractivity contribution in [1.82, 2.24) is 4.98 Å². The maximum Gasteiger partial charge on any atom is 0.202 e. The number of pyridine rings is 1. The van der Waals surface area contributed by atoms with Crippen LogP contribution in [0.5, 0.6) is 0 Å². The number of aromatic nitrogens is 1. The number of hydrogen-bond acceptors (Lipinski definition) is 2. The Morgan fingerprint density at radius 3 is 2.60 bits per heavy atom. The Labute approximate surface area is 92.6 Å². The third-order valence-electron chi connectivity index (χ3n) is 2.15. The van der Waals surface area contributed by atoms with Gasteiger partial charge < -0.3 is 0 Å². The minimum Gasteiger partial charge on any atom is -0.288 e. The zero-order valence-electron chi connectivity index (χ0n) is 8.95. The van der Waals surface area contributed by atoms with Crippen LogP contribution in [0.2, 0.25) is 0 Å². The van der Waals surface area contributed by atoms with Gasteiger partial charge in [-0.2, -0.15) is 0 Å². The van der Waals surface area contributed by atoms with Crippen molar-refractivity contribution < 1.29 is 4.79 Å². The Kier molecular flexibility index (Phi) is 3.51. The number of nitrogens with zero attached hydrogens (tertiary/aromatic N) is 1. The number of carbonyl (C=O) groups excluding carboxylic acids is 1. The number of rotatable bonds is 3. The molecule has 0 aliphatic rings. The van der Waals surface area contributed by atoms with Crippen LogP contribution in [0.4, 0.5) is 0 Å². The SMILES string of the molecule is [B]c1cc(C(C)C)c([B])nc1C(=O)C=C. The second kappa shape index (κ2) is 4.47. The molecule has 0 fully saturated rings. The molecule has 0 amide bonds. The van der Waals surface area contributed by atoms with Gasteiger partial charge in [0, 0.05) is 0 Å². The first-order valence-corrected chi connectivity index (χ1v) is 4.70. The summed E-state index contributed by atoms with van der Waals surface area (Å²) in [7, 11) is 11.4. The lowest BCUT2D eigenvalue weighted by Crippen LogP contribution is -2.28. The molecule has 0 saturated carbocycles. The van der Waals surface area contributed by atoms with E-state index in [1.54, 1.807) is 6.07 Å². The van der Waals surface area contributed by atoms with Gasteiger partial charge in [-0.1, -0.05) is 32.0 Å². The summed E-state index contributed by atoms with van der Waals surface area (Å²) in [6, 6.07) is 1.70. The van der Waals surface area contributed by atoms with Crippen molar-refractivity contribution in [1.29, 1.82) is 0 Å². The highest BCUT2D eigenvalue weighted by Gasteiger charge is 2.11. The van der Waals surface area contributed by atoms with E-state index in [2.05, 4.69) is 11.6 Å². The van der Waals surface area contributed by atoms with Gasteiger partial charge in [0.15, 0.2) is 0 Å². The lowest BCUT2D eigenvalue weighted by Gasteiger charge is -2.12. The molecule has 0 unspecified atom stereocenters. The molecule has 1 aromatic rings. The van der Waals surface area contributed by atoms with Crippen LogP contribution in [0.15, 0.2) is 18.7 Å². The predicted molar refractivity (Wildman–Crippen MR) is 63.6 cm³/mol. The highest BCUT2D eigenvalue weighted by molar-refractivity contribution is 6.38. The molecule has 0 N–H and O–H groups in total. The number of carbonyl (C=O) groups is 1. The molecule has 1 aromatic heterocycles. The molecule has 0 saturated heterocycles. The van der Waals surface area contributed by atoms with Gasteiger partial charge in [-0.25, -0.2) is 0 Å². The molecular weight excluding hydrogens is 184 g/mol. The molecule has 2 nitrogen and oxygen atoms in total. The Bertz CT molecular complexity index is 413. The molecule has 1 rings (SSSR count). The average molecular weight is 195 g/mol. The Morgan fingerprint density at radius 1 is 1.53 bits per heavy atom. The molecule has 0 bridgehead atoms. The zero-order valence-corrected chi connectivity index (χ0v) is 8.95. The minimum absolute atomic E-state index is 0.173. The summed E-state index contributed by atoms with van der Waals surface area (Å²) < 4.78 is 0. The lowest BCUT2D eigenvalue weighted by atomic mass is 9.83. The van der Waals surface area contributed by atoms with Gasteiger partial charge in [-0.05, 0) is 23.2 Å². The van der Waals surface area contributed by atoms with Gasteiger partial charge >= 0.3 is 0 Å². The van der Waals surface area contributed by atoms with Gasteiger partial charge in [0.05, 0.1) is 0 Å². The van der Waals surface area contributed by atoms with Crippen molar-refractivity contribution in [3.8, 4) is 0 Å². The second-order valence-corrected chi connectivity index (χ2v) is 3.62. The van der Waals surface area contributed by atoms with E-state index in [0.717, 1.165) is 5.56 Å². The van der Waals surface area contributed by atoms with Crippen molar-refractivity contribution >= 4 is 32.5 Å². The van der Waals surface area contributed by atoms with Crippen LogP contribution < -0.4 is 11.1 Å². The summed E-state index contributed by atoms with van der Waals surface area (Å²) in [6.45, 7) is 7.36. The third-order valence-corrected chi connectivity index (χ3v) is 2.15. The first kappa shape index (κ1) is 11.8. The third kappa shape index (κ3) is 2.38. The molecule has 1 heterocycles. The van der Waals surface area contributed by atoms with E-state index in [4.69, 9.17) is 15.7 Å². The van der Waals surface area contributed by atoms with E-state index in [-0.39, 0.29) is 17.4 Å². The van der Waals surface area contributed by atoms with Crippen LogP contribution in [0.25, 0.3) is 0 Å². The normalized spacial score (nSPS) is 10.3. The summed E-state index contributed by atoms with van der Waals surface area (Å²) in [5.74, 6) is -0.0813. The predicted octanol–water partition coefficient (Wildman–Crippen LogP) is 0.161. The Morgan fingerprint density at radius 2 is 2.13 bits per heavy atom. The Balaban J connectivity index is 3.31. The van der Waals surface area contributed by atoms with Crippen LogP contribution in [0.1, 0.15) is 35.8 Å². The first-order chi connectivity index (χ1) is 6.97. The smallest absolute Gasteiger partial charge is 0.202 e. The molecule has 0 aromatic carbocycles. The van der Waals surface area contributed by atoms with Crippen molar-refractivity contribution in [3.63, 3.8) is 0 Å². The number of hydrogen-bond donors (Lipinski definition) is 0. The molecular formula is C11H11B2NO. The average Bonchev–Trinajstić information content (AvgIpc) is 2.19. The van der Waals surface area contributed by atoms with Crippen molar-refractivity contribution in [2.45, 2.75) is 19.8 Å². The topological polar surface area (TPSA) is 30.0 Å². The van der Waals surface area contributed by atoms with E-state index in [0.29, 0.717) is 11.1 Å². The summed E-state index contributed by atoms with van der Waals surface area (Å²) >= 11 is 0. The molecule has 4 heteroatoms. The summed E-state index contributed by atoms with van der Waals surface area (Å²) in [5, 5.41) is 0. The molecule has 4 radical (unpaired) electrons. The fraction of sp³-hybridized carbons (Fsp3) is 0.273. The van der Waals surface area contributed by atoms with Crippen LogP contribution in [-0.2, 0) is 0 Å². The fourth-order valence-corrected chi connectivity index (χ4v) is 1.32.